The van der Waals surface area contributed by atoms with Gasteiger partial charge in [0.25, 0.3) is 6.43 Å². The molecule has 0 bridgehead atoms. The van der Waals surface area contributed by atoms with E-state index < -0.39 is 6.43 Å². The van der Waals surface area contributed by atoms with Gasteiger partial charge in [0.05, 0.1) is 0 Å². The maximum Gasteiger partial charge on any atom is 0.284 e. The highest BCUT2D eigenvalue weighted by Crippen LogP contribution is 2.21. The molecule has 0 radical (unpaired) electrons. The first kappa shape index (κ1) is 8.31. The lowest BCUT2D eigenvalue weighted by molar-refractivity contribution is 0.147. The van der Waals surface area contributed by atoms with Crippen LogP contribution in [0.15, 0.2) is 12.4 Å². The van der Waals surface area contributed by atoms with Gasteiger partial charge in [-0.05, 0) is 0 Å². The largest absolute Gasteiger partial charge is 0.284 e. The SMILES string of the molecule is FC(F)c1nnn2cnc(Cl)cc12. The third kappa shape index (κ3) is 1.33. The molecular weight excluding hydrogens is 202 g/mol. The van der Waals surface area contributed by atoms with Gasteiger partial charge in [-0.25, -0.2) is 18.3 Å². The van der Waals surface area contributed by atoms with E-state index in [4.69, 9.17) is 11.6 Å². The van der Waals surface area contributed by atoms with Gasteiger partial charge in [-0.2, -0.15) is 0 Å². The zero-order valence-electron chi connectivity index (χ0n) is 6.15. The molecule has 2 heterocycles. The second-order valence-electron chi connectivity index (χ2n) is 2.32. The number of rotatable bonds is 1. The van der Waals surface area contributed by atoms with Crippen LogP contribution in [0.4, 0.5) is 8.78 Å². The fourth-order valence-electron chi connectivity index (χ4n) is 0.954. The first-order valence-electron chi connectivity index (χ1n) is 3.33. The summed E-state index contributed by atoms with van der Waals surface area (Å²) in [4.78, 5) is 3.66. The van der Waals surface area contributed by atoms with Crippen LogP contribution in [0.3, 0.4) is 0 Å². The Bertz CT molecular complexity index is 441. The van der Waals surface area contributed by atoms with Crippen molar-refractivity contribution >= 4 is 17.1 Å². The zero-order chi connectivity index (χ0) is 9.42. The van der Waals surface area contributed by atoms with Crippen molar-refractivity contribution in [2.75, 3.05) is 0 Å². The number of alkyl halides is 2. The monoisotopic (exact) mass is 204 g/mol. The summed E-state index contributed by atoms with van der Waals surface area (Å²) in [5.41, 5.74) is -0.209. The molecule has 7 heteroatoms. The molecular formula is C6H3ClF2N4. The van der Waals surface area contributed by atoms with Crippen molar-refractivity contribution in [1.82, 2.24) is 19.8 Å². The maximum atomic E-state index is 12.3. The topological polar surface area (TPSA) is 43.1 Å². The Labute approximate surface area is 76.1 Å². The van der Waals surface area contributed by atoms with Crippen molar-refractivity contribution in [3.05, 3.63) is 23.2 Å². The van der Waals surface area contributed by atoms with Gasteiger partial charge in [0.15, 0.2) is 5.69 Å². The Balaban J connectivity index is 2.71. The zero-order valence-corrected chi connectivity index (χ0v) is 6.91. The minimum atomic E-state index is -2.66. The van der Waals surface area contributed by atoms with Crippen molar-refractivity contribution in [1.29, 1.82) is 0 Å². The van der Waals surface area contributed by atoms with Crippen LogP contribution in [0.1, 0.15) is 12.1 Å². The van der Waals surface area contributed by atoms with E-state index in [1.54, 1.807) is 0 Å². The fourth-order valence-corrected chi connectivity index (χ4v) is 1.10. The van der Waals surface area contributed by atoms with Crippen LogP contribution < -0.4 is 0 Å². The number of halogens is 3. The highest BCUT2D eigenvalue weighted by Gasteiger charge is 2.16. The Morgan fingerprint density at radius 3 is 2.92 bits per heavy atom. The Kier molecular flexibility index (Phi) is 1.84. The molecule has 0 fully saturated rings. The number of aromatic nitrogens is 4. The average molecular weight is 205 g/mol. The highest BCUT2D eigenvalue weighted by atomic mass is 35.5. The number of nitrogens with zero attached hydrogens (tertiary/aromatic N) is 4. The smallest absolute Gasteiger partial charge is 0.225 e. The second-order valence-corrected chi connectivity index (χ2v) is 2.70. The standard InChI is InChI=1S/C6H3ClF2N4/c7-4-1-3-5(6(8)9)11-12-13(3)2-10-4/h1-2,6H. The van der Waals surface area contributed by atoms with Gasteiger partial charge in [-0.3, -0.25) is 0 Å². The van der Waals surface area contributed by atoms with Crippen LogP contribution in [0, 0.1) is 0 Å². The van der Waals surface area contributed by atoms with Crippen LogP contribution in [0.5, 0.6) is 0 Å². The highest BCUT2D eigenvalue weighted by molar-refractivity contribution is 6.29. The van der Waals surface area contributed by atoms with Crippen LogP contribution in [-0.2, 0) is 0 Å². The fraction of sp³-hybridized carbons (Fsp3) is 0.167. The normalized spacial score (nSPS) is 11.4. The van der Waals surface area contributed by atoms with Crippen molar-refractivity contribution < 1.29 is 8.78 Å². The summed E-state index contributed by atoms with van der Waals surface area (Å²) in [6.07, 6.45) is -1.42. The third-order valence-electron chi connectivity index (χ3n) is 1.51. The van der Waals surface area contributed by atoms with E-state index in [-0.39, 0.29) is 16.4 Å². The van der Waals surface area contributed by atoms with Crippen molar-refractivity contribution in [2.45, 2.75) is 6.43 Å². The summed E-state index contributed by atoms with van der Waals surface area (Å²) in [6.45, 7) is 0. The predicted molar refractivity (Wildman–Crippen MR) is 40.7 cm³/mol. The Morgan fingerprint density at radius 2 is 2.23 bits per heavy atom. The first-order chi connectivity index (χ1) is 6.18. The molecule has 0 atom stereocenters. The molecule has 2 rings (SSSR count). The van der Waals surface area contributed by atoms with Crippen molar-refractivity contribution in [3.63, 3.8) is 0 Å². The minimum absolute atomic E-state index is 0.136. The molecule has 13 heavy (non-hydrogen) atoms. The van der Waals surface area contributed by atoms with E-state index in [2.05, 4.69) is 15.3 Å². The summed E-state index contributed by atoms with van der Waals surface area (Å²) in [7, 11) is 0. The van der Waals surface area contributed by atoms with Crippen molar-refractivity contribution in [3.8, 4) is 0 Å². The van der Waals surface area contributed by atoms with Crippen LogP contribution >= 0.6 is 11.6 Å². The van der Waals surface area contributed by atoms with Crippen molar-refractivity contribution in [2.24, 2.45) is 0 Å². The molecule has 68 valence electrons. The molecule has 0 aliphatic heterocycles. The number of fused-ring (bicyclic) bond motifs is 1. The van der Waals surface area contributed by atoms with Crippen LogP contribution in [0.2, 0.25) is 5.15 Å². The quantitative estimate of drug-likeness (QED) is 0.665. The molecule has 0 aliphatic carbocycles. The molecule has 0 amide bonds. The third-order valence-corrected chi connectivity index (χ3v) is 1.72. The lowest BCUT2D eigenvalue weighted by Gasteiger charge is -1.94. The van der Waals surface area contributed by atoms with Gasteiger partial charge in [-0.15, -0.1) is 5.10 Å². The average Bonchev–Trinajstić information content (AvgIpc) is 2.46. The Morgan fingerprint density at radius 1 is 1.46 bits per heavy atom. The summed E-state index contributed by atoms with van der Waals surface area (Å²) in [5.74, 6) is 0. The predicted octanol–water partition coefficient (Wildman–Crippen LogP) is 1.72. The molecule has 4 nitrogen and oxygen atoms in total. The number of hydrogen-bond acceptors (Lipinski definition) is 3. The van der Waals surface area contributed by atoms with Crippen LogP contribution in [-0.4, -0.2) is 19.8 Å². The van der Waals surface area contributed by atoms with E-state index >= 15 is 0 Å². The van der Waals surface area contributed by atoms with Gasteiger partial charge in [0, 0.05) is 6.07 Å². The van der Waals surface area contributed by atoms with E-state index in [0.717, 1.165) is 4.52 Å². The van der Waals surface area contributed by atoms with E-state index in [1.165, 1.54) is 12.4 Å². The molecule has 0 aromatic carbocycles. The van der Waals surface area contributed by atoms with Gasteiger partial charge in [0.1, 0.15) is 17.0 Å². The van der Waals surface area contributed by atoms with E-state index in [9.17, 15) is 8.78 Å². The summed E-state index contributed by atoms with van der Waals surface area (Å²) in [6, 6.07) is 1.29. The molecule has 2 aromatic rings. The maximum absolute atomic E-state index is 12.3. The molecule has 0 unspecified atom stereocenters. The van der Waals surface area contributed by atoms with Gasteiger partial charge >= 0.3 is 0 Å². The molecule has 2 aromatic heterocycles. The minimum Gasteiger partial charge on any atom is -0.225 e. The van der Waals surface area contributed by atoms with E-state index in [0.29, 0.717) is 0 Å². The second kappa shape index (κ2) is 2.88. The number of hydrogen-bond donors (Lipinski definition) is 0. The van der Waals surface area contributed by atoms with Gasteiger partial charge < -0.3 is 0 Å². The lowest BCUT2D eigenvalue weighted by atomic mass is 10.4. The molecule has 0 spiro atoms. The summed E-state index contributed by atoms with van der Waals surface area (Å²) < 4.78 is 25.7. The molecule has 0 aliphatic rings. The lowest BCUT2D eigenvalue weighted by Crippen LogP contribution is -1.89. The summed E-state index contributed by atoms with van der Waals surface area (Å²) >= 11 is 5.53. The summed E-state index contributed by atoms with van der Waals surface area (Å²) in [5, 5.41) is 6.88. The molecule has 0 saturated carbocycles. The van der Waals surface area contributed by atoms with Gasteiger partial charge in [0.2, 0.25) is 0 Å². The first-order valence-corrected chi connectivity index (χ1v) is 3.71. The molecule has 0 saturated heterocycles. The van der Waals surface area contributed by atoms with E-state index in [1.807, 2.05) is 0 Å². The molecule has 0 N–H and O–H groups in total. The Hall–Kier alpha value is -1.30. The van der Waals surface area contributed by atoms with Crippen LogP contribution in [0.25, 0.3) is 5.52 Å². The van der Waals surface area contributed by atoms with Gasteiger partial charge in [-0.1, -0.05) is 16.8 Å².